The first kappa shape index (κ1) is 15.5. The van der Waals surface area contributed by atoms with Gasteiger partial charge in [0.1, 0.15) is 0 Å². The highest BCUT2D eigenvalue weighted by Crippen LogP contribution is 2.18. The van der Waals surface area contributed by atoms with Crippen LogP contribution in [0.5, 0.6) is 0 Å². The first-order chi connectivity index (χ1) is 9.58. The zero-order valence-electron chi connectivity index (χ0n) is 13.5. The third-order valence-corrected chi connectivity index (χ3v) is 4.35. The van der Waals surface area contributed by atoms with E-state index in [1.807, 2.05) is 0 Å². The van der Waals surface area contributed by atoms with Gasteiger partial charge in [-0.15, -0.1) is 0 Å². The van der Waals surface area contributed by atoms with Crippen molar-refractivity contribution >= 4 is 0 Å². The lowest BCUT2D eigenvalue weighted by atomic mass is 9.98. The van der Waals surface area contributed by atoms with Gasteiger partial charge in [0.05, 0.1) is 0 Å². The maximum absolute atomic E-state index is 3.73. The number of rotatable bonds is 5. The Balaban J connectivity index is 1.99. The van der Waals surface area contributed by atoms with E-state index < -0.39 is 0 Å². The number of piperazine rings is 1. The van der Waals surface area contributed by atoms with Crippen molar-refractivity contribution < 1.29 is 0 Å². The van der Waals surface area contributed by atoms with Crippen LogP contribution in [0.1, 0.15) is 44.7 Å². The molecule has 0 radical (unpaired) electrons. The van der Waals surface area contributed by atoms with Gasteiger partial charge in [0.15, 0.2) is 0 Å². The summed E-state index contributed by atoms with van der Waals surface area (Å²) in [5.74, 6) is 0.770. The van der Waals surface area contributed by atoms with Gasteiger partial charge in [0.2, 0.25) is 0 Å². The molecule has 112 valence electrons. The van der Waals surface area contributed by atoms with Crippen LogP contribution in [0.2, 0.25) is 0 Å². The minimum atomic E-state index is 0.656. The Morgan fingerprint density at radius 1 is 1.25 bits per heavy atom. The number of hydrogen-bond donors (Lipinski definition) is 1. The van der Waals surface area contributed by atoms with Crippen LogP contribution in [-0.2, 0) is 6.54 Å². The molecule has 1 aliphatic heterocycles. The summed E-state index contributed by atoms with van der Waals surface area (Å²) in [6.07, 6.45) is 2.51. The van der Waals surface area contributed by atoms with Crippen molar-refractivity contribution in [2.75, 3.05) is 13.1 Å². The molecule has 1 aliphatic rings. The van der Waals surface area contributed by atoms with E-state index in [4.69, 9.17) is 0 Å². The fourth-order valence-corrected chi connectivity index (χ4v) is 3.18. The van der Waals surface area contributed by atoms with Crippen LogP contribution in [0.15, 0.2) is 24.3 Å². The van der Waals surface area contributed by atoms with Gasteiger partial charge in [-0.25, -0.2) is 0 Å². The summed E-state index contributed by atoms with van der Waals surface area (Å²) in [5, 5.41) is 3.73. The molecule has 0 saturated carbocycles. The van der Waals surface area contributed by atoms with E-state index in [1.165, 1.54) is 30.5 Å². The van der Waals surface area contributed by atoms with Crippen molar-refractivity contribution in [2.24, 2.45) is 5.92 Å². The standard InChI is InChI=1S/C18H30N2/c1-5-18-11-19-17(10-14(2)3)13-20(18)12-16-8-6-15(4)7-9-16/h6-9,14,17-19H,5,10-13H2,1-4H3. The Hall–Kier alpha value is -0.860. The second kappa shape index (κ2) is 7.24. The summed E-state index contributed by atoms with van der Waals surface area (Å²) in [5.41, 5.74) is 2.79. The first-order valence-electron chi connectivity index (χ1n) is 8.11. The maximum Gasteiger partial charge on any atom is 0.0237 e. The van der Waals surface area contributed by atoms with Crippen molar-refractivity contribution in [3.63, 3.8) is 0 Å². The van der Waals surface area contributed by atoms with E-state index in [1.54, 1.807) is 0 Å². The van der Waals surface area contributed by atoms with E-state index in [2.05, 4.69) is 62.2 Å². The third kappa shape index (κ3) is 4.32. The molecular formula is C18H30N2. The molecule has 2 atom stereocenters. The highest BCUT2D eigenvalue weighted by molar-refractivity contribution is 5.21. The molecule has 1 N–H and O–H groups in total. The molecule has 2 heteroatoms. The smallest absolute Gasteiger partial charge is 0.0237 e. The van der Waals surface area contributed by atoms with Crippen LogP contribution in [0.4, 0.5) is 0 Å². The minimum absolute atomic E-state index is 0.656. The maximum atomic E-state index is 3.73. The van der Waals surface area contributed by atoms with E-state index in [0.29, 0.717) is 12.1 Å². The summed E-state index contributed by atoms with van der Waals surface area (Å²) in [7, 11) is 0. The normalized spacial score (nSPS) is 24.2. The molecule has 1 heterocycles. The van der Waals surface area contributed by atoms with E-state index >= 15 is 0 Å². The zero-order chi connectivity index (χ0) is 14.5. The van der Waals surface area contributed by atoms with Gasteiger partial charge in [-0.05, 0) is 31.2 Å². The third-order valence-electron chi connectivity index (χ3n) is 4.35. The summed E-state index contributed by atoms with van der Waals surface area (Å²) in [6.45, 7) is 12.5. The molecule has 1 aromatic carbocycles. The number of hydrogen-bond acceptors (Lipinski definition) is 2. The second-order valence-electron chi connectivity index (χ2n) is 6.71. The van der Waals surface area contributed by atoms with E-state index in [9.17, 15) is 0 Å². The topological polar surface area (TPSA) is 15.3 Å². The highest BCUT2D eigenvalue weighted by Gasteiger charge is 2.26. The van der Waals surface area contributed by atoms with Crippen LogP contribution < -0.4 is 5.32 Å². The van der Waals surface area contributed by atoms with Crippen LogP contribution >= 0.6 is 0 Å². The number of benzene rings is 1. The van der Waals surface area contributed by atoms with Crippen molar-refractivity contribution in [1.29, 1.82) is 0 Å². The SMILES string of the molecule is CCC1CNC(CC(C)C)CN1Cc1ccc(C)cc1. The van der Waals surface area contributed by atoms with Crippen LogP contribution in [0.25, 0.3) is 0 Å². The lowest BCUT2D eigenvalue weighted by Gasteiger charge is -2.40. The van der Waals surface area contributed by atoms with E-state index in [-0.39, 0.29) is 0 Å². The van der Waals surface area contributed by atoms with Crippen molar-refractivity contribution in [1.82, 2.24) is 10.2 Å². The predicted octanol–water partition coefficient (Wildman–Crippen LogP) is 3.59. The quantitative estimate of drug-likeness (QED) is 0.882. The van der Waals surface area contributed by atoms with E-state index in [0.717, 1.165) is 19.0 Å². The lowest BCUT2D eigenvalue weighted by Crippen LogP contribution is -2.56. The summed E-state index contributed by atoms with van der Waals surface area (Å²) in [4.78, 5) is 2.67. The number of aryl methyl sites for hydroxylation is 1. The zero-order valence-corrected chi connectivity index (χ0v) is 13.5. The lowest BCUT2D eigenvalue weighted by molar-refractivity contribution is 0.111. The molecule has 0 aromatic heterocycles. The molecule has 0 aliphatic carbocycles. The molecule has 1 aromatic rings. The average Bonchev–Trinajstić information content (AvgIpc) is 2.41. The Morgan fingerprint density at radius 2 is 1.95 bits per heavy atom. The van der Waals surface area contributed by atoms with Gasteiger partial charge in [-0.1, -0.05) is 50.6 Å². The molecule has 2 rings (SSSR count). The molecule has 1 saturated heterocycles. The molecule has 2 unspecified atom stereocenters. The summed E-state index contributed by atoms with van der Waals surface area (Å²) in [6, 6.07) is 10.3. The van der Waals surface area contributed by atoms with Crippen LogP contribution in [0, 0.1) is 12.8 Å². The van der Waals surface area contributed by atoms with Crippen molar-refractivity contribution in [2.45, 2.75) is 59.2 Å². The predicted molar refractivity (Wildman–Crippen MR) is 86.9 cm³/mol. The molecular weight excluding hydrogens is 244 g/mol. The van der Waals surface area contributed by atoms with Crippen LogP contribution in [0.3, 0.4) is 0 Å². The van der Waals surface area contributed by atoms with Gasteiger partial charge in [-0.3, -0.25) is 4.90 Å². The monoisotopic (exact) mass is 274 g/mol. The summed E-state index contributed by atoms with van der Waals surface area (Å²) >= 11 is 0. The molecule has 2 nitrogen and oxygen atoms in total. The van der Waals surface area contributed by atoms with Crippen LogP contribution in [-0.4, -0.2) is 30.1 Å². The second-order valence-corrected chi connectivity index (χ2v) is 6.71. The van der Waals surface area contributed by atoms with Gasteiger partial charge in [-0.2, -0.15) is 0 Å². The fraction of sp³-hybridized carbons (Fsp3) is 0.667. The fourth-order valence-electron chi connectivity index (χ4n) is 3.18. The van der Waals surface area contributed by atoms with Gasteiger partial charge in [0.25, 0.3) is 0 Å². The molecule has 1 fully saturated rings. The Morgan fingerprint density at radius 3 is 2.55 bits per heavy atom. The average molecular weight is 274 g/mol. The molecule has 0 spiro atoms. The largest absolute Gasteiger partial charge is 0.311 e. The Labute approximate surface area is 124 Å². The first-order valence-corrected chi connectivity index (χ1v) is 8.11. The van der Waals surface area contributed by atoms with Gasteiger partial charge < -0.3 is 5.32 Å². The minimum Gasteiger partial charge on any atom is -0.311 e. The summed E-state index contributed by atoms with van der Waals surface area (Å²) < 4.78 is 0. The number of nitrogens with one attached hydrogen (secondary N) is 1. The van der Waals surface area contributed by atoms with Gasteiger partial charge in [0, 0.05) is 31.7 Å². The van der Waals surface area contributed by atoms with Gasteiger partial charge >= 0.3 is 0 Å². The highest BCUT2D eigenvalue weighted by atomic mass is 15.2. The van der Waals surface area contributed by atoms with Crippen molar-refractivity contribution in [3.8, 4) is 0 Å². The molecule has 0 amide bonds. The molecule has 0 bridgehead atoms. The number of nitrogens with zero attached hydrogens (tertiary/aromatic N) is 1. The van der Waals surface area contributed by atoms with Crippen molar-refractivity contribution in [3.05, 3.63) is 35.4 Å². The Bertz CT molecular complexity index is 396. The Kier molecular flexibility index (Phi) is 5.62. The molecule has 20 heavy (non-hydrogen) atoms.